The Balaban J connectivity index is 1.81. The average molecular weight is 346 g/mol. The van der Waals surface area contributed by atoms with Gasteiger partial charge in [-0.3, -0.25) is 4.79 Å². The molecule has 7 heteroatoms. The lowest BCUT2D eigenvalue weighted by atomic mass is 10.2. The van der Waals surface area contributed by atoms with Crippen LogP contribution in [0.3, 0.4) is 0 Å². The van der Waals surface area contributed by atoms with Crippen molar-refractivity contribution in [2.45, 2.75) is 6.54 Å². The van der Waals surface area contributed by atoms with Gasteiger partial charge in [0.05, 0.1) is 42.3 Å². The van der Waals surface area contributed by atoms with Gasteiger partial charge in [0.25, 0.3) is 0 Å². The molecule has 0 saturated carbocycles. The fraction of sp³-hybridized carbons (Fsp3) is 0.176. The highest BCUT2D eigenvalue weighted by Gasteiger charge is 2.13. The van der Waals surface area contributed by atoms with Crippen LogP contribution in [0, 0.1) is 0 Å². The fourth-order valence-corrected chi connectivity index (χ4v) is 2.68. The third-order valence-corrected chi connectivity index (χ3v) is 3.88. The van der Waals surface area contributed by atoms with Crippen LogP contribution in [0.4, 0.5) is 5.69 Å². The van der Waals surface area contributed by atoms with E-state index in [1.165, 1.54) is 14.2 Å². The number of carbonyl (C=O) groups is 1. The van der Waals surface area contributed by atoms with Crippen molar-refractivity contribution in [3.05, 3.63) is 47.7 Å². The molecule has 0 spiro atoms. The number of methoxy groups -OCH3 is 2. The molecule has 0 bridgehead atoms. The van der Waals surface area contributed by atoms with Crippen LogP contribution >= 0.6 is 11.6 Å². The van der Waals surface area contributed by atoms with Crippen molar-refractivity contribution >= 4 is 34.2 Å². The van der Waals surface area contributed by atoms with Gasteiger partial charge in [0, 0.05) is 6.07 Å². The van der Waals surface area contributed by atoms with Crippen molar-refractivity contribution in [3.8, 4) is 11.5 Å². The number of nitrogens with one attached hydrogen (secondary N) is 1. The number of imidazole rings is 1. The first-order valence-electron chi connectivity index (χ1n) is 7.23. The molecule has 124 valence electrons. The van der Waals surface area contributed by atoms with E-state index in [4.69, 9.17) is 21.1 Å². The molecule has 1 amide bonds. The largest absolute Gasteiger partial charge is 0.495 e. The Morgan fingerprint density at radius 1 is 1.21 bits per heavy atom. The van der Waals surface area contributed by atoms with Gasteiger partial charge in [-0.1, -0.05) is 23.7 Å². The second kappa shape index (κ2) is 6.80. The van der Waals surface area contributed by atoms with E-state index in [1.807, 2.05) is 24.3 Å². The van der Waals surface area contributed by atoms with Crippen LogP contribution < -0.4 is 14.8 Å². The Kier molecular flexibility index (Phi) is 4.57. The predicted molar refractivity (Wildman–Crippen MR) is 92.9 cm³/mol. The summed E-state index contributed by atoms with van der Waals surface area (Å²) in [5.74, 6) is 0.741. The second-order valence-corrected chi connectivity index (χ2v) is 5.50. The zero-order valence-corrected chi connectivity index (χ0v) is 14.0. The van der Waals surface area contributed by atoms with E-state index in [-0.39, 0.29) is 12.5 Å². The monoisotopic (exact) mass is 345 g/mol. The van der Waals surface area contributed by atoms with Crippen molar-refractivity contribution in [1.82, 2.24) is 9.55 Å². The number of aromatic nitrogens is 2. The topological polar surface area (TPSA) is 65.4 Å². The average Bonchev–Trinajstić information content (AvgIpc) is 2.98. The third kappa shape index (κ3) is 3.14. The first kappa shape index (κ1) is 16.1. The summed E-state index contributed by atoms with van der Waals surface area (Å²) in [6, 6.07) is 10.9. The lowest BCUT2D eigenvalue weighted by molar-refractivity contribution is -0.116. The molecule has 2 aromatic carbocycles. The molecule has 0 radical (unpaired) electrons. The van der Waals surface area contributed by atoms with Crippen LogP contribution in [-0.2, 0) is 11.3 Å². The number of amides is 1. The van der Waals surface area contributed by atoms with E-state index >= 15 is 0 Å². The number of hydrogen-bond donors (Lipinski definition) is 1. The second-order valence-electron chi connectivity index (χ2n) is 5.10. The van der Waals surface area contributed by atoms with E-state index in [9.17, 15) is 4.79 Å². The van der Waals surface area contributed by atoms with Crippen molar-refractivity contribution in [1.29, 1.82) is 0 Å². The Bertz CT molecular complexity index is 892. The molecular formula is C17H16ClN3O3. The van der Waals surface area contributed by atoms with Crippen LogP contribution in [0.5, 0.6) is 11.5 Å². The molecule has 0 fully saturated rings. The molecule has 1 heterocycles. The molecule has 1 N–H and O–H groups in total. The number of fused-ring (bicyclic) bond motifs is 1. The number of nitrogens with zero attached hydrogens (tertiary/aromatic N) is 2. The molecule has 3 aromatic rings. The third-order valence-electron chi connectivity index (χ3n) is 3.59. The van der Waals surface area contributed by atoms with E-state index in [0.717, 1.165) is 11.0 Å². The normalized spacial score (nSPS) is 10.6. The summed E-state index contributed by atoms with van der Waals surface area (Å²) < 4.78 is 12.2. The van der Waals surface area contributed by atoms with E-state index in [0.29, 0.717) is 22.2 Å². The zero-order chi connectivity index (χ0) is 17.1. The number of para-hydroxylation sites is 2. The highest BCUT2D eigenvalue weighted by atomic mass is 35.5. The summed E-state index contributed by atoms with van der Waals surface area (Å²) in [7, 11) is 3.03. The summed E-state index contributed by atoms with van der Waals surface area (Å²) in [5, 5.41) is 3.19. The Morgan fingerprint density at radius 3 is 2.71 bits per heavy atom. The zero-order valence-electron chi connectivity index (χ0n) is 13.2. The quantitative estimate of drug-likeness (QED) is 0.770. The smallest absolute Gasteiger partial charge is 0.244 e. The van der Waals surface area contributed by atoms with Crippen LogP contribution in [0.15, 0.2) is 42.7 Å². The van der Waals surface area contributed by atoms with E-state index in [1.54, 1.807) is 23.0 Å². The lowest BCUT2D eigenvalue weighted by Crippen LogP contribution is -2.18. The Hall–Kier alpha value is -2.73. The number of halogens is 1. The van der Waals surface area contributed by atoms with Crippen molar-refractivity contribution < 1.29 is 14.3 Å². The fourth-order valence-electron chi connectivity index (χ4n) is 2.44. The minimum Gasteiger partial charge on any atom is -0.495 e. The van der Waals surface area contributed by atoms with Crippen molar-refractivity contribution in [2.24, 2.45) is 0 Å². The number of hydrogen-bond acceptors (Lipinski definition) is 4. The first-order chi connectivity index (χ1) is 11.6. The van der Waals surface area contributed by atoms with Gasteiger partial charge >= 0.3 is 0 Å². The van der Waals surface area contributed by atoms with Gasteiger partial charge in [0.15, 0.2) is 0 Å². The van der Waals surface area contributed by atoms with Crippen molar-refractivity contribution in [2.75, 3.05) is 19.5 Å². The van der Waals surface area contributed by atoms with Gasteiger partial charge in [-0.2, -0.15) is 0 Å². The molecule has 6 nitrogen and oxygen atoms in total. The summed E-state index contributed by atoms with van der Waals surface area (Å²) in [6.07, 6.45) is 1.64. The molecule has 0 unspecified atom stereocenters. The lowest BCUT2D eigenvalue weighted by Gasteiger charge is -2.13. The molecular weight excluding hydrogens is 330 g/mol. The maximum atomic E-state index is 12.4. The standard InChI is InChI=1S/C17H16ClN3O3/c1-23-15-8-16(24-2)13(7-11(15)18)20-17(22)9-21-10-19-12-5-3-4-6-14(12)21/h3-8,10H,9H2,1-2H3,(H,20,22). The molecule has 0 aliphatic rings. The van der Waals surface area contributed by atoms with E-state index in [2.05, 4.69) is 10.3 Å². The minimum absolute atomic E-state index is 0.132. The van der Waals surface area contributed by atoms with Crippen molar-refractivity contribution in [3.63, 3.8) is 0 Å². The van der Waals surface area contributed by atoms with Gasteiger partial charge in [-0.15, -0.1) is 0 Å². The highest BCUT2D eigenvalue weighted by Crippen LogP contribution is 2.35. The van der Waals surface area contributed by atoms with Crippen LogP contribution in [0.2, 0.25) is 5.02 Å². The van der Waals surface area contributed by atoms with Gasteiger partial charge in [0.2, 0.25) is 5.91 Å². The minimum atomic E-state index is -0.210. The molecule has 24 heavy (non-hydrogen) atoms. The Labute approximate surface area is 144 Å². The molecule has 1 aromatic heterocycles. The summed E-state index contributed by atoms with van der Waals surface area (Å²) in [4.78, 5) is 16.6. The number of benzene rings is 2. The molecule has 0 atom stereocenters. The molecule has 0 aliphatic carbocycles. The summed E-state index contributed by atoms with van der Waals surface area (Å²) >= 11 is 6.12. The van der Waals surface area contributed by atoms with Gasteiger partial charge < -0.3 is 19.4 Å². The molecule has 0 saturated heterocycles. The van der Waals surface area contributed by atoms with Gasteiger partial charge in [-0.25, -0.2) is 4.98 Å². The number of carbonyl (C=O) groups excluding carboxylic acids is 1. The van der Waals surface area contributed by atoms with Gasteiger partial charge in [-0.05, 0) is 18.2 Å². The van der Waals surface area contributed by atoms with Crippen LogP contribution in [-0.4, -0.2) is 29.7 Å². The summed E-state index contributed by atoms with van der Waals surface area (Å²) in [5.41, 5.74) is 2.22. The Morgan fingerprint density at radius 2 is 1.96 bits per heavy atom. The first-order valence-corrected chi connectivity index (χ1v) is 7.61. The SMILES string of the molecule is COc1cc(OC)c(NC(=O)Cn2cnc3ccccc32)cc1Cl. The molecule has 0 aliphatic heterocycles. The summed E-state index contributed by atoms with van der Waals surface area (Å²) in [6.45, 7) is 0.132. The number of rotatable bonds is 5. The molecule has 3 rings (SSSR count). The highest BCUT2D eigenvalue weighted by molar-refractivity contribution is 6.32. The van der Waals surface area contributed by atoms with E-state index < -0.39 is 0 Å². The maximum Gasteiger partial charge on any atom is 0.244 e. The number of anilines is 1. The van der Waals surface area contributed by atoms with Crippen LogP contribution in [0.25, 0.3) is 11.0 Å². The number of ether oxygens (including phenoxy) is 2. The van der Waals surface area contributed by atoms with Crippen LogP contribution in [0.1, 0.15) is 0 Å². The predicted octanol–water partition coefficient (Wildman–Crippen LogP) is 3.35. The maximum absolute atomic E-state index is 12.4. The van der Waals surface area contributed by atoms with Gasteiger partial charge in [0.1, 0.15) is 18.0 Å².